The highest BCUT2D eigenvalue weighted by molar-refractivity contribution is 6.19. The van der Waals surface area contributed by atoms with Crippen LogP contribution in [-0.4, -0.2) is 19.5 Å². The fourth-order valence-electron chi connectivity index (χ4n) is 9.06. The van der Waals surface area contributed by atoms with Crippen molar-refractivity contribution in [3.05, 3.63) is 174 Å². The number of fused-ring (bicyclic) bond motifs is 8. The first kappa shape index (κ1) is 30.0. The van der Waals surface area contributed by atoms with E-state index in [0.29, 0.717) is 17.5 Å². The molecule has 0 amide bonds. The van der Waals surface area contributed by atoms with Gasteiger partial charge < -0.3 is 4.57 Å². The Kier molecular flexibility index (Phi) is 6.33. The van der Waals surface area contributed by atoms with Crippen LogP contribution in [0.3, 0.4) is 0 Å². The van der Waals surface area contributed by atoms with Gasteiger partial charge in [-0.05, 0) is 93.0 Å². The fraction of sp³-hybridized carbons (Fsp3) is 0.0816. The summed E-state index contributed by atoms with van der Waals surface area (Å²) in [6.45, 7) is 4.79. The van der Waals surface area contributed by atoms with E-state index in [1.54, 1.807) is 0 Å². The Bertz CT molecular complexity index is 2910. The van der Waals surface area contributed by atoms with Crippen LogP contribution in [0.15, 0.2) is 152 Å². The van der Waals surface area contributed by atoms with E-state index in [1.807, 2.05) is 60.7 Å². The molecule has 0 saturated heterocycles. The molecule has 2 aliphatic carbocycles. The molecule has 0 radical (unpaired) electrons. The number of nitrogens with zero attached hydrogens (tertiary/aromatic N) is 4. The average molecular weight is 679 g/mol. The molecule has 0 unspecified atom stereocenters. The normalized spacial score (nSPS) is 13.8. The molecule has 0 saturated carbocycles. The Morgan fingerprint density at radius 3 is 1.85 bits per heavy atom. The first-order chi connectivity index (χ1) is 26.0. The number of aromatic nitrogens is 4. The molecule has 250 valence electrons. The number of para-hydroxylation sites is 1. The molecule has 2 heterocycles. The van der Waals surface area contributed by atoms with Crippen molar-refractivity contribution in [2.24, 2.45) is 0 Å². The van der Waals surface area contributed by atoms with E-state index in [1.165, 1.54) is 66.0 Å². The van der Waals surface area contributed by atoms with Crippen LogP contribution in [-0.2, 0) is 11.8 Å². The summed E-state index contributed by atoms with van der Waals surface area (Å²) >= 11 is 0. The van der Waals surface area contributed by atoms with Crippen LogP contribution in [0.5, 0.6) is 0 Å². The third-order valence-electron chi connectivity index (χ3n) is 11.4. The molecular formula is C49H34N4. The highest BCUT2D eigenvalue weighted by Gasteiger charge is 2.38. The summed E-state index contributed by atoms with van der Waals surface area (Å²) in [7, 11) is 0. The number of hydrogen-bond donors (Lipinski definition) is 0. The summed E-state index contributed by atoms with van der Waals surface area (Å²) in [5.74, 6) is 1.97. The lowest BCUT2D eigenvalue weighted by atomic mass is 9.78. The first-order valence-electron chi connectivity index (χ1n) is 18.3. The van der Waals surface area contributed by atoms with Crippen molar-refractivity contribution in [1.82, 2.24) is 19.5 Å². The lowest BCUT2D eigenvalue weighted by Crippen LogP contribution is -2.16. The average Bonchev–Trinajstić information content (AvgIpc) is 3.67. The molecular weight excluding hydrogens is 645 g/mol. The van der Waals surface area contributed by atoms with E-state index in [0.717, 1.165) is 28.8 Å². The second-order valence-corrected chi connectivity index (χ2v) is 14.8. The summed E-state index contributed by atoms with van der Waals surface area (Å²) in [4.78, 5) is 14.9. The fourth-order valence-corrected chi connectivity index (χ4v) is 9.06. The SMILES string of the molecule is CC1(C)c2ccccc2-c2cc3c4c(c5c(cc4c21)c1ccccc1n5-c1ccc(-c2nc(-c4ccccc4)nc(-c4ccccc4)n2)cc1)CC=C3. The highest BCUT2D eigenvalue weighted by atomic mass is 15.0. The standard InChI is InChI=1S/C49H34N4/c1-49(2)41-22-11-9-19-35(41)38-28-33-18-13-21-37-43(33)40(44(38)49)29-39-36-20-10-12-23-42(36)53(45(37)39)34-26-24-32(25-27-34)48-51-46(30-14-5-3-6-15-30)50-47(52-48)31-16-7-4-8-17-31/h3-20,22-29H,21H2,1-2H3. The van der Waals surface area contributed by atoms with Crippen LogP contribution >= 0.6 is 0 Å². The molecule has 7 aromatic carbocycles. The summed E-state index contributed by atoms with van der Waals surface area (Å²) < 4.78 is 2.47. The minimum atomic E-state index is -0.0967. The topological polar surface area (TPSA) is 43.6 Å². The summed E-state index contributed by atoms with van der Waals surface area (Å²) in [5, 5.41) is 5.32. The van der Waals surface area contributed by atoms with Crippen molar-refractivity contribution in [3.63, 3.8) is 0 Å². The second kappa shape index (κ2) is 11.2. The zero-order valence-electron chi connectivity index (χ0n) is 29.5. The van der Waals surface area contributed by atoms with Crippen LogP contribution in [0.2, 0.25) is 0 Å². The van der Waals surface area contributed by atoms with E-state index < -0.39 is 0 Å². The molecule has 0 N–H and O–H groups in total. The third-order valence-corrected chi connectivity index (χ3v) is 11.4. The number of benzene rings is 7. The molecule has 0 atom stereocenters. The van der Waals surface area contributed by atoms with Crippen molar-refractivity contribution in [1.29, 1.82) is 0 Å². The molecule has 4 nitrogen and oxygen atoms in total. The van der Waals surface area contributed by atoms with Crippen LogP contribution in [0.4, 0.5) is 0 Å². The Hall–Kier alpha value is -6.65. The predicted octanol–water partition coefficient (Wildman–Crippen LogP) is 12.0. The van der Waals surface area contributed by atoms with E-state index >= 15 is 0 Å². The van der Waals surface area contributed by atoms with Crippen molar-refractivity contribution < 1.29 is 0 Å². The largest absolute Gasteiger partial charge is 0.309 e. The molecule has 0 aliphatic heterocycles. The van der Waals surface area contributed by atoms with Crippen LogP contribution < -0.4 is 0 Å². The van der Waals surface area contributed by atoms with Gasteiger partial charge >= 0.3 is 0 Å². The minimum Gasteiger partial charge on any atom is -0.309 e. The summed E-state index contributed by atoms with van der Waals surface area (Å²) in [6.07, 6.45) is 5.56. The van der Waals surface area contributed by atoms with Crippen LogP contribution in [0, 0.1) is 0 Å². The van der Waals surface area contributed by atoms with Gasteiger partial charge in [-0.2, -0.15) is 0 Å². The van der Waals surface area contributed by atoms with Gasteiger partial charge in [-0.25, -0.2) is 15.0 Å². The van der Waals surface area contributed by atoms with Crippen LogP contribution in [0.25, 0.3) is 89.6 Å². The molecule has 53 heavy (non-hydrogen) atoms. The Morgan fingerprint density at radius 1 is 0.547 bits per heavy atom. The van der Waals surface area contributed by atoms with Gasteiger partial charge in [0.1, 0.15) is 0 Å². The van der Waals surface area contributed by atoms with Gasteiger partial charge in [0.2, 0.25) is 0 Å². The zero-order valence-corrected chi connectivity index (χ0v) is 29.5. The molecule has 0 spiro atoms. The molecule has 0 fully saturated rings. The third kappa shape index (κ3) is 4.39. The maximum absolute atomic E-state index is 4.99. The van der Waals surface area contributed by atoms with E-state index in [-0.39, 0.29) is 5.41 Å². The van der Waals surface area contributed by atoms with Crippen molar-refractivity contribution in [3.8, 4) is 51.0 Å². The van der Waals surface area contributed by atoms with Crippen molar-refractivity contribution in [2.45, 2.75) is 25.7 Å². The summed E-state index contributed by atoms with van der Waals surface area (Å²) in [5.41, 5.74) is 14.6. The van der Waals surface area contributed by atoms with Gasteiger partial charge in [0, 0.05) is 38.6 Å². The van der Waals surface area contributed by atoms with Crippen molar-refractivity contribution in [2.75, 3.05) is 0 Å². The highest BCUT2D eigenvalue weighted by Crippen LogP contribution is 2.54. The van der Waals surface area contributed by atoms with Gasteiger partial charge in [0.25, 0.3) is 0 Å². The smallest absolute Gasteiger partial charge is 0.164 e. The van der Waals surface area contributed by atoms with E-state index in [2.05, 4.69) is 115 Å². The van der Waals surface area contributed by atoms with E-state index in [4.69, 9.17) is 15.0 Å². The monoisotopic (exact) mass is 678 g/mol. The van der Waals surface area contributed by atoms with Crippen molar-refractivity contribution >= 4 is 38.7 Å². The zero-order chi connectivity index (χ0) is 35.3. The maximum atomic E-state index is 4.99. The van der Waals surface area contributed by atoms with Gasteiger partial charge in [-0.15, -0.1) is 0 Å². The Labute approximate surface area is 307 Å². The van der Waals surface area contributed by atoms with Gasteiger partial charge in [-0.3, -0.25) is 0 Å². The molecule has 2 aromatic heterocycles. The quantitative estimate of drug-likeness (QED) is 0.186. The molecule has 11 rings (SSSR count). The first-order valence-corrected chi connectivity index (χ1v) is 18.3. The summed E-state index contributed by atoms with van der Waals surface area (Å²) in [6, 6.07) is 51.8. The molecule has 2 aliphatic rings. The molecule has 4 heteroatoms. The number of hydrogen-bond acceptors (Lipinski definition) is 3. The molecule has 0 bridgehead atoms. The number of rotatable bonds is 4. The lowest BCUT2D eigenvalue weighted by molar-refractivity contribution is 0.666. The Morgan fingerprint density at radius 2 is 1.15 bits per heavy atom. The van der Waals surface area contributed by atoms with Gasteiger partial charge in [0.15, 0.2) is 17.5 Å². The lowest BCUT2D eigenvalue weighted by Gasteiger charge is -2.26. The molecule has 9 aromatic rings. The van der Waals surface area contributed by atoms with Gasteiger partial charge in [-0.1, -0.05) is 129 Å². The number of allylic oxidation sites excluding steroid dienone is 1. The minimum absolute atomic E-state index is 0.0967. The second-order valence-electron chi connectivity index (χ2n) is 14.8. The maximum Gasteiger partial charge on any atom is 0.164 e. The van der Waals surface area contributed by atoms with Gasteiger partial charge in [0.05, 0.1) is 11.0 Å². The van der Waals surface area contributed by atoms with E-state index in [9.17, 15) is 0 Å². The predicted molar refractivity (Wildman–Crippen MR) is 218 cm³/mol. The van der Waals surface area contributed by atoms with Crippen LogP contribution in [0.1, 0.15) is 36.1 Å². The Balaban J connectivity index is 1.12.